The van der Waals surface area contributed by atoms with E-state index in [0.717, 1.165) is 55.4 Å². The van der Waals surface area contributed by atoms with Crippen LogP contribution in [0.15, 0.2) is 53.4 Å². The Hall–Kier alpha value is -2.22. The van der Waals surface area contributed by atoms with Gasteiger partial charge >= 0.3 is 0 Å². The van der Waals surface area contributed by atoms with Crippen molar-refractivity contribution >= 4 is 21.1 Å². The van der Waals surface area contributed by atoms with Gasteiger partial charge in [-0.15, -0.1) is 0 Å². The third-order valence-electron chi connectivity index (χ3n) is 6.33. The van der Waals surface area contributed by atoms with E-state index < -0.39 is 10.0 Å². The van der Waals surface area contributed by atoms with Crippen molar-refractivity contribution in [2.24, 2.45) is 5.92 Å². The average Bonchev–Trinajstić information content (AvgIpc) is 3.11. The van der Waals surface area contributed by atoms with E-state index in [9.17, 15) is 8.42 Å². The molecule has 0 unspecified atom stereocenters. The van der Waals surface area contributed by atoms with Gasteiger partial charge in [0.05, 0.1) is 22.5 Å². The molecule has 1 fully saturated rings. The van der Waals surface area contributed by atoms with Gasteiger partial charge in [0.1, 0.15) is 5.82 Å². The summed E-state index contributed by atoms with van der Waals surface area (Å²) in [6.45, 7) is 5.88. The number of benzene rings is 2. The number of sulfonamides is 1. The molecule has 0 atom stereocenters. The molecule has 0 radical (unpaired) electrons. The summed E-state index contributed by atoms with van der Waals surface area (Å²) in [6, 6.07) is 16.0. The Morgan fingerprint density at radius 3 is 2.42 bits per heavy atom. The number of hydrogen-bond acceptors (Lipinski definition) is 4. The Morgan fingerprint density at radius 1 is 1.06 bits per heavy atom. The van der Waals surface area contributed by atoms with Crippen molar-refractivity contribution in [3.05, 3.63) is 59.9 Å². The molecule has 0 bridgehead atoms. The Balaban J connectivity index is 1.47. The maximum Gasteiger partial charge on any atom is 0.242 e. The first-order chi connectivity index (χ1) is 14.9. The lowest BCUT2D eigenvalue weighted by Gasteiger charge is -2.31. The van der Waals surface area contributed by atoms with Gasteiger partial charge in [-0.3, -0.25) is 4.90 Å². The minimum absolute atomic E-state index is 0.291. The molecule has 1 aliphatic heterocycles. The molecule has 31 heavy (non-hydrogen) atoms. The van der Waals surface area contributed by atoms with Crippen molar-refractivity contribution in [3.8, 4) is 0 Å². The van der Waals surface area contributed by atoms with E-state index in [0.29, 0.717) is 4.90 Å². The van der Waals surface area contributed by atoms with Crippen LogP contribution in [0.5, 0.6) is 0 Å². The quantitative estimate of drug-likeness (QED) is 0.561. The molecule has 0 spiro atoms. The summed E-state index contributed by atoms with van der Waals surface area (Å²) in [5, 5.41) is 0. The second-order valence-corrected chi connectivity index (χ2v) is 10.8. The number of aryl methyl sites for hydroxylation is 1. The van der Waals surface area contributed by atoms with E-state index in [1.54, 1.807) is 26.2 Å². The van der Waals surface area contributed by atoms with Crippen LogP contribution < -0.4 is 0 Å². The highest BCUT2D eigenvalue weighted by molar-refractivity contribution is 7.89. The van der Waals surface area contributed by atoms with E-state index >= 15 is 0 Å². The molecular weight excluding hydrogens is 408 g/mol. The maximum absolute atomic E-state index is 12.5. The minimum Gasteiger partial charge on any atom is -0.327 e. The van der Waals surface area contributed by atoms with Gasteiger partial charge in [-0.1, -0.05) is 30.3 Å². The van der Waals surface area contributed by atoms with Gasteiger partial charge in [-0.2, -0.15) is 0 Å². The third-order valence-corrected chi connectivity index (χ3v) is 8.14. The lowest BCUT2D eigenvalue weighted by atomic mass is 9.90. The maximum atomic E-state index is 12.5. The lowest BCUT2D eigenvalue weighted by Crippen LogP contribution is -2.34. The number of likely N-dealkylation sites (tertiary alicyclic amines) is 1. The van der Waals surface area contributed by atoms with Gasteiger partial charge in [0.2, 0.25) is 10.0 Å². The molecule has 2 aromatic carbocycles. The molecular formula is C24H32N4O2S. The zero-order chi connectivity index (χ0) is 22.0. The Kier molecular flexibility index (Phi) is 6.46. The number of piperidine rings is 1. The van der Waals surface area contributed by atoms with Crippen molar-refractivity contribution < 1.29 is 8.42 Å². The SMILES string of the molecule is CCn1c(CN2CCC(Cc3ccccc3)CC2)nc2cc(S(=O)(=O)N(C)C)ccc21. The monoisotopic (exact) mass is 440 g/mol. The van der Waals surface area contributed by atoms with Crippen LogP contribution in [0.25, 0.3) is 11.0 Å². The average molecular weight is 441 g/mol. The normalized spacial score (nSPS) is 16.4. The summed E-state index contributed by atoms with van der Waals surface area (Å²) in [5.74, 6) is 1.75. The number of aromatic nitrogens is 2. The summed E-state index contributed by atoms with van der Waals surface area (Å²) in [6.07, 6.45) is 3.56. The second-order valence-electron chi connectivity index (χ2n) is 8.62. The Labute approximate surface area is 185 Å². The molecule has 0 amide bonds. The van der Waals surface area contributed by atoms with Gasteiger partial charge in [0.25, 0.3) is 0 Å². The fourth-order valence-corrected chi connectivity index (χ4v) is 5.42. The topological polar surface area (TPSA) is 58.4 Å². The molecule has 0 N–H and O–H groups in total. The fourth-order valence-electron chi connectivity index (χ4n) is 4.50. The first-order valence-corrected chi connectivity index (χ1v) is 12.5. The van der Waals surface area contributed by atoms with Crippen molar-refractivity contribution in [2.45, 2.75) is 44.2 Å². The summed E-state index contributed by atoms with van der Waals surface area (Å²) in [5.41, 5.74) is 3.17. The zero-order valence-electron chi connectivity index (χ0n) is 18.7. The van der Waals surface area contributed by atoms with Crippen LogP contribution in [0.2, 0.25) is 0 Å². The van der Waals surface area contributed by atoms with E-state index in [2.05, 4.69) is 46.7 Å². The Morgan fingerprint density at radius 2 is 1.77 bits per heavy atom. The zero-order valence-corrected chi connectivity index (χ0v) is 19.5. The number of fused-ring (bicyclic) bond motifs is 1. The van der Waals surface area contributed by atoms with E-state index in [4.69, 9.17) is 4.98 Å². The highest BCUT2D eigenvalue weighted by Crippen LogP contribution is 2.25. The molecule has 1 saturated heterocycles. The van der Waals surface area contributed by atoms with Crippen molar-refractivity contribution in [2.75, 3.05) is 27.2 Å². The predicted molar refractivity (Wildman–Crippen MR) is 124 cm³/mol. The number of rotatable bonds is 7. The van der Waals surface area contributed by atoms with Gasteiger partial charge in [0.15, 0.2) is 0 Å². The molecule has 0 saturated carbocycles. The molecule has 166 valence electrons. The molecule has 4 rings (SSSR count). The first kappa shape index (κ1) is 22.0. The lowest BCUT2D eigenvalue weighted by molar-refractivity contribution is 0.172. The van der Waals surface area contributed by atoms with Crippen LogP contribution >= 0.6 is 0 Å². The number of nitrogens with zero attached hydrogens (tertiary/aromatic N) is 4. The van der Waals surface area contributed by atoms with Crippen LogP contribution in [0.1, 0.15) is 31.2 Å². The summed E-state index contributed by atoms with van der Waals surface area (Å²) in [4.78, 5) is 7.61. The highest BCUT2D eigenvalue weighted by Gasteiger charge is 2.23. The van der Waals surface area contributed by atoms with Crippen LogP contribution in [-0.2, 0) is 29.5 Å². The molecule has 3 aromatic rings. The van der Waals surface area contributed by atoms with Crippen LogP contribution in [-0.4, -0.2) is 54.4 Å². The van der Waals surface area contributed by atoms with Crippen molar-refractivity contribution in [3.63, 3.8) is 0 Å². The van der Waals surface area contributed by atoms with Gasteiger partial charge in [-0.25, -0.2) is 17.7 Å². The molecule has 1 aromatic heterocycles. The van der Waals surface area contributed by atoms with Crippen molar-refractivity contribution in [1.29, 1.82) is 0 Å². The highest BCUT2D eigenvalue weighted by atomic mass is 32.2. The smallest absolute Gasteiger partial charge is 0.242 e. The standard InChI is InChI=1S/C24H32N4O2S/c1-4-28-23-11-10-21(31(29,30)26(2)3)17-22(23)25-24(28)18-27-14-12-20(13-15-27)16-19-8-6-5-7-9-19/h5-11,17,20H,4,12-16,18H2,1-3H3. The third kappa shape index (κ3) is 4.68. The summed E-state index contributed by atoms with van der Waals surface area (Å²) >= 11 is 0. The largest absolute Gasteiger partial charge is 0.327 e. The van der Waals surface area contributed by atoms with Crippen LogP contribution in [0.3, 0.4) is 0 Å². The summed E-state index contributed by atoms with van der Waals surface area (Å²) < 4.78 is 28.4. The molecule has 6 nitrogen and oxygen atoms in total. The second kappa shape index (κ2) is 9.10. The number of hydrogen-bond donors (Lipinski definition) is 0. The van der Waals surface area contributed by atoms with Crippen molar-refractivity contribution in [1.82, 2.24) is 18.8 Å². The van der Waals surface area contributed by atoms with E-state index in [-0.39, 0.29) is 0 Å². The van der Waals surface area contributed by atoms with Gasteiger partial charge in [0, 0.05) is 20.6 Å². The molecule has 7 heteroatoms. The van der Waals surface area contributed by atoms with Gasteiger partial charge < -0.3 is 4.57 Å². The Bertz CT molecular complexity index is 1130. The predicted octanol–water partition coefficient (Wildman–Crippen LogP) is 3.76. The molecule has 0 aliphatic carbocycles. The summed E-state index contributed by atoms with van der Waals surface area (Å²) in [7, 11) is -0.359. The first-order valence-electron chi connectivity index (χ1n) is 11.1. The van der Waals surface area contributed by atoms with Crippen LogP contribution in [0.4, 0.5) is 0 Å². The molecule has 2 heterocycles. The number of imidazole rings is 1. The van der Waals surface area contributed by atoms with E-state index in [1.807, 2.05) is 6.07 Å². The van der Waals surface area contributed by atoms with Gasteiger partial charge in [-0.05, 0) is 69.0 Å². The fraction of sp³-hybridized carbons (Fsp3) is 0.458. The van der Waals surface area contributed by atoms with E-state index in [1.165, 1.54) is 22.7 Å². The minimum atomic E-state index is -3.46. The van der Waals surface area contributed by atoms with Crippen LogP contribution in [0, 0.1) is 5.92 Å². The molecule has 1 aliphatic rings.